The van der Waals surface area contributed by atoms with Crippen molar-refractivity contribution in [2.75, 3.05) is 19.8 Å². The van der Waals surface area contributed by atoms with Crippen molar-refractivity contribution in [2.45, 2.75) is 39.4 Å². The lowest BCUT2D eigenvalue weighted by atomic mass is 9.87. The lowest BCUT2D eigenvalue weighted by Gasteiger charge is -2.27. The Morgan fingerprint density at radius 3 is 1.95 bits per heavy atom. The van der Waals surface area contributed by atoms with Gasteiger partial charge in [0.05, 0.1) is 6.61 Å². The number of hydrogen-bond donors (Lipinski definition) is 6. The highest BCUT2D eigenvalue weighted by atomic mass is 16.4. The fourth-order valence-corrected chi connectivity index (χ4v) is 0.829. The number of carboxylic acids is 1. The highest BCUT2D eigenvalue weighted by molar-refractivity contribution is 5.81. The molecule has 0 aliphatic heterocycles. The Hall–Kier alpha value is -1.22. The van der Waals surface area contributed by atoms with E-state index in [0.717, 1.165) is 0 Å². The first-order valence-electron chi connectivity index (χ1n) is 6.18. The Bertz CT molecular complexity index is 292. The topological polar surface area (TPSA) is 147 Å². The number of hydrogen-bond acceptors (Lipinski definition) is 6. The number of nitrogens with one attached hydrogen (secondary N) is 1. The second kappa shape index (κ2) is 10.6. The molecule has 8 nitrogen and oxygen atoms in total. The molecule has 0 heterocycles. The molecule has 0 aliphatic carbocycles. The van der Waals surface area contributed by atoms with Crippen molar-refractivity contribution < 1.29 is 35.1 Å². The molecule has 120 valence electrons. The highest BCUT2D eigenvalue weighted by Crippen LogP contribution is 2.19. The van der Waals surface area contributed by atoms with Gasteiger partial charge in [-0.1, -0.05) is 13.8 Å². The third-order valence-electron chi connectivity index (χ3n) is 2.39. The molecule has 6 N–H and O–H groups in total. The predicted molar refractivity (Wildman–Crippen MR) is 70.9 cm³/mol. The quantitative estimate of drug-likeness (QED) is 0.307. The molecule has 0 aromatic carbocycles. The van der Waals surface area contributed by atoms with Crippen LogP contribution in [0.5, 0.6) is 0 Å². The summed E-state index contributed by atoms with van der Waals surface area (Å²) < 4.78 is 0. The maximum absolute atomic E-state index is 11.3. The van der Waals surface area contributed by atoms with Gasteiger partial charge in [-0.2, -0.15) is 0 Å². The molecule has 2 atom stereocenters. The standard InChI is InChI=1S/C9H19NO4.C3H6O3/c1-9(2,6-12)7(13)8(14)10-4-3-5-11;1-2(4)3(5)6/h7,11-13H,3-6H2,1-2H3,(H,10,14);2,4H,1H3,(H,5,6)/t7-;/m0./s1. The largest absolute Gasteiger partial charge is 0.479 e. The molecule has 0 bridgehead atoms. The van der Waals surface area contributed by atoms with Gasteiger partial charge in [0, 0.05) is 18.6 Å². The number of aliphatic hydroxyl groups excluding tert-OH is 4. The number of aliphatic carboxylic acids is 1. The van der Waals surface area contributed by atoms with Crippen LogP contribution in [-0.2, 0) is 9.59 Å². The average Bonchev–Trinajstić information content (AvgIpc) is 2.38. The van der Waals surface area contributed by atoms with Crippen molar-refractivity contribution in [2.24, 2.45) is 5.41 Å². The van der Waals surface area contributed by atoms with Gasteiger partial charge in [0.25, 0.3) is 0 Å². The summed E-state index contributed by atoms with van der Waals surface area (Å²) in [4.78, 5) is 20.7. The van der Waals surface area contributed by atoms with Crippen LogP contribution in [0.4, 0.5) is 0 Å². The SMILES string of the molecule is CC(C)(CO)[C@@H](O)C(=O)NCCCO.CC(O)C(=O)O. The van der Waals surface area contributed by atoms with Crippen molar-refractivity contribution in [1.82, 2.24) is 5.32 Å². The van der Waals surface area contributed by atoms with Crippen molar-refractivity contribution in [1.29, 1.82) is 0 Å². The molecule has 0 rings (SSSR count). The smallest absolute Gasteiger partial charge is 0.332 e. The van der Waals surface area contributed by atoms with Gasteiger partial charge in [-0.05, 0) is 13.3 Å². The number of rotatable bonds is 7. The van der Waals surface area contributed by atoms with Crippen LogP contribution >= 0.6 is 0 Å². The third kappa shape index (κ3) is 9.68. The summed E-state index contributed by atoms with van der Waals surface area (Å²) in [6.07, 6.45) is -2.01. The molecular formula is C12H25NO7. The zero-order valence-corrected chi connectivity index (χ0v) is 12.0. The number of aliphatic hydroxyl groups is 4. The Morgan fingerprint density at radius 1 is 1.20 bits per heavy atom. The van der Waals surface area contributed by atoms with Crippen LogP contribution in [-0.4, -0.2) is 69.4 Å². The first-order chi connectivity index (χ1) is 9.10. The molecule has 20 heavy (non-hydrogen) atoms. The van der Waals surface area contributed by atoms with E-state index in [1.54, 1.807) is 13.8 Å². The summed E-state index contributed by atoms with van der Waals surface area (Å²) in [5.74, 6) is -1.70. The first-order valence-corrected chi connectivity index (χ1v) is 6.18. The minimum absolute atomic E-state index is 0.000230. The molecule has 0 aromatic rings. The summed E-state index contributed by atoms with van der Waals surface area (Å²) in [5.41, 5.74) is -0.844. The van der Waals surface area contributed by atoms with Crippen LogP contribution in [0, 0.1) is 5.41 Å². The van der Waals surface area contributed by atoms with E-state index in [1.165, 1.54) is 6.92 Å². The predicted octanol–water partition coefficient (Wildman–Crippen LogP) is -1.68. The molecule has 8 heteroatoms. The maximum atomic E-state index is 11.3. The Morgan fingerprint density at radius 2 is 1.65 bits per heavy atom. The summed E-state index contributed by atoms with van der Waals surface area (Å²) in [5, 5.41) is 45.1. The summed E-state index contributed by atoms with van der Waals surface area (Å²) >= 11 is 0. The number of carbonyl (C=O) groups excluding carboxylic acids is 1. The minimum Gasteiger partial charge on any atom is -0.479 e. The maximum Gasteiger partial charge on any atom is 0.332 e. The molecule has 0 saturated carbocycles. The van der Waals surface area contributed by atoms with Crippen molar-refractivity contribution in [3.63, 3.8) is 0 Å². The molecule has 0 spiro atoms. The van der Waals surface area contributed by atoms with Crippen LogP contribution in [0.1, 0.15) is 27.2 Å². The second-order valence-electron chi connectivity index (χ2n) is 4.93. The molecule has 1 unspecified atom stereocenters. The van der Waals surface area contributed by atoms with Crippen molar-refractivity contribution in [3.05, 3.63) is 0 Å². The van der Waals surface area contributed by atoms with Gasteiger partial charge in [0.15, 0.2) is 0 Å². The molecule has 0 radical (unpaired) electrons. The summed E-state index contributed by atoms with van der Waals surface area (Å²) in [7, 11) is 0. The average molecular weight is 295 g/mol. The van der Waals surface area contributed by atoms with E-state index in [2.05, 4.69) is 5.32 Å². The Balaban J connectivity index is 0. The zero-order valence-electron chi connectivity index (χ0n) is 12.0. The van der Waals surface area contributed by atoms with Crippen LogP contribution in [0.25, 0.3) is 0 Å². The highest BCUT2D eigenvalue weighted by Gasteiger charge is 2.32. The molecule has 0 aromatic heterocycles. The van der Waals surface area contributed by atoms with Gasteiger partial charge >= 0.3 is 5.97 Å². The van der Waals surface area contributed by atoms with Crippen LogP contribution in [0.15, 0.2) is 0 Å². The summed E-state index contributed by atoms with van der Waals surface area (Å²) in [6.45, 7) is 4.46. The van der Waals surface area contributed by atoms with Crippen molar-refractivity contribution in [3.8, 4) is 0 Å². The van der Waals surface area contributed by atoms with E-state index in [0.29, 0.717) is 13.0 Å². The van der Waals surface area contributed by atoms with Crippen LogP contribution in [0.2, 0.25) is 0 Å². The first kappa shape index (κ1) is 21.1. The Labute approximate surface area is 118 Å². The minimum atomic E-state index is -1.23. The van der Waals surface area contributed by atoms with Crippen LogP contribution < -0.4 is 5.32 Å². The number of carbonyl (C=O) groups is 2. The van der Waals surface area contributed by atoms with Gasteiger partial charge in [0.2, 0.25) is 5.91 Å². The lowest BCUT2D eigenvalue weighted by Crippen LogP contribution is -2.45. The molecule has 0 saturated heterocycles. The van der Waals surface area contributed by atoms with E-state index in [1.807, 2.05) is 0 Å². The van der Waals surface area contributed by atoms with Gasteiger partial charge in [-0.3, -0.25) is 4.79 Å². The van der Waals surface area contributed by atoms with E-state index >= 15 is 0 Å². The molecule has 0 fully saturated rings. The molecular weight excluding hydrogens is 270 g/mol. The van der Waals surface area contributed by atoms with E-state index in [4.69, 9.17) is 20.4 Å². The van der Waals surface area contributed by atoms with Gasteiger partial charge in [-0.15, -0.1) is 0 Å². The third-order valence-corrected chi connectivity index (χ3v) is 2.39. The number of amides is 1. The van der Waals surface area contributed by atoms with Gasteiger partial charge in [-0.25, -0.2) is 4.79 Å². The zero-order chi connectivity index (χ0) is 16.3. The van der Waals surface area contributed by atoms with Crippen molar-refractivity contribution >= 4 is 11.9 Å². The Kier molecular flexibility index (Phi) is 11.1. The lowest BCUT2D eigenvalue weighted by molar-refractivity contribution is -0.145. The normalized spacial score (nSPS) is 13.8. The fraction of sp³-hybridized carbons (Fsp3) is 0.833. The van der Waals surface area contributed by atoms with E-state index in [9.17, 15) is 14.7 Å². The number of carboxylic acid groups (broad SMARTS) is 1. The fourth-order valence-electron chi connectivity index (χ4n) is 0.829. The second-order valence-corrected chi connectivity index (χ2v) is 4.93. The molecule has 0 aliphatic rings. The van der Waals surface area contributed by atoms with Gasteiger partial charge < -0.3 is 30.8 Å². The monoisotopic (exact) mass is 295 g/mol. The summed E-state index contributed by atoms with van der Waals surface area (Å²) in [6, 6.07) is 0. The molecule has 1 amide bonds. The van der Waals surface area contributed by atoms with Gasteiger partial charge in [0.1, 0.15) is 12.2 Å². The van der Waals surface area contributed by atoms with Crippen LogP contribution in [0.3, 0.4) is 0 Å². The van der Waals surface area contributed by atoms with E-state index in [-0.39, 0.29) is 13.2 Å². The van der Waals surface area contributed by atoms with E-state index < -0.39 is 29.5 Å².